The van der Waals surface area contributed by atoms with Gasteiger partial charge in [-0.25, -0.2) is 0 Å². The SMILES string of the molecule is C=CC1(CCC)CCCN1. The lowest BCUT2D eigenvalue weighted by molar-refractivity contribution is 0.431. The topological polar surface area (TPSA) is 12.0 Å². The molecular weight excluding hydrogens is 122 g/mol. The first-order valence-corrected chi connectivity index (χ1v) is 4.21. The van der Waals surface area contributed by atoms with Crippen molar-refractivity contribution in [3.8, 4) is 0 Å². The van der Waals surface area contributed by atoms with E-state index in [1.54, 1.807) is 0 Å². The minimum atomic E-state index is 0.300. The van der Waals surface area contributed by atoms with Crippen molar-refractivity contribution in [3.05, 3.63) is 12.7 Å². The summed E-state index contributed by atoms with van der Waals surface area (Å²) in [6.45, 7) is 7.27. The Morgan fingerprint density at radius 1 is 1.70 bits per heavy atom. The van der Waals surface area contributed by atoms with Crippen molar-refractivity contribution < 1.29 is 0 Å². The summed E-state index contributed by atoms with van der Waals surface area (Å²) in [5, 5.41) is 3.50. The van der Waals surface area contributed by atoms with E-state index in [0.717, 1.165) is 0 Å². The third-order valence-corrected chi connectivity index (χ3v) is 2.36. The Morgan fingerprint density at radius 2 is 2.50 bits per heavy atom. The van der Waals surface area contributed by atoms with Crippen molar-refractivity contribution in [3.63, 3.8) is 0 Å². The molecule has 1 heteroatoms. The third-order valence-electron chi connectivity index (χ3n) is 2.36. The van der Waals surface area contributed by atoms with Gasteiger partial charge in [0.1, 0.15) is 0 Å². The number of hydrogen-bond acceptors (Lipinski definition) is 1. The molecule has 0 aromatic carbocycles. The summed E-state index contributed by atoms with van der Waals surface area (Å²) in [6.07, 6.45) is 7.18. The van der Waals surface area contributed by atoms with Crippen molar-refractivity contribution >= 4 is 0 Å². The Kier molecular flexibility index (Phi) is 2.50. The highest BCUT2D eigenvalue weighted by molar-refractivity contribution is 5.05. The van der Waals surface area contributed by atoms with Crippen molar-refractivity contribution in [1.82, 2.24) is 5.32 Å². The average Bonchev–Trinajstić information content (AvgIpc) is 2.39. The smallest absolute Gasteiger partial charge is 0.0361 e. The maximum Gasteiger partial charge on any atom is 0.0361 e. The first kappa shape index (κ1) is 7.80. The zero-order chi connectivity index (χ0) is 7.45. The largest absolute Gasteiger partial charge is 0.308 e. The molecule has 0 saturated carbocycles. The first-order valence-electron chi connectivity index (χ1n) is 4.21. The van der Waals surface area contributed by atoms with Gasteiger partial charge in [0.25, 0.3) is 0 Å². The van der Waals surface area contributed by atoms with Crippen LogP contribution >= 0.6 is 0 Å². The molecule has 1 atom stereocenters. The van der Waals surface area contributed by atoms with Gasteiger partial charge < -0.3 is 5.32 Å². The van der Waals surface area contributed by atoms with E-state index in [1.807, 2.05) is 0 Å². The second-order valence-electron chi connectivity index (χ2n) is 3.14. The normalized spacial score (nSPS) is 32.5. The monoisotopic (exact) mass is 139 g/mol. The highest BCUT2D eigenvalue weighted by Gasteiger charge is 2.28. The van der Waals surface area contributed by atoms with E-state index in [9.17, 15) is 0 Å². The Balaban J connectivity index is 2.49. The Hall–Kier alpha value is -0.300. The van der Waals surface area contributed by atoms with Crippen LogP contribution in [0.5, 0.6) is 0 Å². The van der Waals surface area contributed by atoms with Gasteiger partial charge in [0, 0.05) is 5.54 Å². The van der Waals surface area contributed by atoms with Gasteiger partial charge in [0.05, 0.1) is 0 Å². The fourth-order valence-electron chi connectivity index (χ4n) is 1.77. The second-order valence-corrected chi connectivity index (χ2v) is 3.14. The van der Waals surface area contributed by atoms with Gasteiger partial charge in [0.15, 0.2) is 0 Å². The van der Waals surface area contributed by atoms with Gasteiger partial charge in [-0.2, -0.15) is 0 Å². The fraction of sp³-hybridized carbons (Fsp3) is 0.778. The third kappa shape index (κ3) is 1.40. The summed E-state index contributed by atoms with van der Waals surface area (Å²) in [6, 6.07) is 0. The Labute approximate surface area is 63.5 Å². The van der Waals surface area contributed by atoms with Gasteiger partial charge >= 0.3 is 0 Å². The summed E-state index contributed by atoms with van der Waals surface area (Å²) >= 11 is 0. The molecule has 1 aliphatic heterocycles. The molecule has 0 aromatic rings. The van der Waals surface area contributed by atoms with E-state index in [-0.39, 0.29) is 0 Å². The van der Waals surface area contributed by atoms with Gasteiger partial charge in [-0.3, -0.25) is 0 Å². The molecule has 1 N–H and O–H groups in total. The maximum absolute atomic E-state index is 3.87. The van der Waals surface area contributed by atoms with E-state index >= 15 is 0 Å². The quantitative estimate of drug-likeness (QED) is 0.590. The molecule has 1 rings (SSSR count). The maximum atomic E-state index is 3.87. The zero-order valence-electron chi connectivity index (χ0n) is 6.82. The molecule has 0 radical (unpaired) electrons. The molecule has 1 saturated heterocycles. The van der Waals surface area contributed by atoms with E-state index in [4.69, 9.17) is 0 Å². The molecular formula is C9H17N. The minimum absolute atomic E-state index is 0.300. The molecule has 0 spiro atoms. The molecule has 1 unspecified atom stereocenters. The highest BCUT2D eigenvalue weighted by atomic mass is 15.0. The Morgan fingerprint density at radius 3 is 2.90 bits per heavy atom. The van der Waals surface area contributed by atoms with Crippen LogP contribution in [0.15, 0.2) is 12.7 Å². The molecule has 1 aliphatic rings. The van der Waals surface area contributed by atoms with E-state index < -0.39 is 0 Å². The lowest BCUT2D eigenvalue weighted by Gasteiger charge is -2.24. The van der Waals surface area contributed by atoms with E-state index in [0.29, 0.717) is 5.54 Å². The molecule has 0 aromatic heterocycles. The van der Waals surface area contributed by atoms with Crippen LogP contribution in [0.2, 0.25) is 0 Å². The van der Waals surface area contributed by atoms with Crippen molar-refractivity contribution in [2.24, 2.45) is 0 Å². The van der Waals surface area contributed by atoms with Crippen LogP contribution in [-0.4, -0.2) is 12.1 Å². The summed E-state index contributed by atoms with van der Waals surface area (Å²) in [5.74, 6) is 0. The van der Waals surface area contributed by atoms with Crippen LogP contribution in [0, 0.1) is 0 Å². The molecule has 0 aliphatic carbocycles. The number of nitrogens with one attached hydrogen (secondary N) is 1. The summed E-state index contributed by atoms with van der Waals surface area (Å²) in [4.78, 5) is 0. The molecule has 0 amide bonds. The van der Waals surface area contributed by atoms with Crippen molar-refractivity contribution in [2.75, 3.05) is 6.54 Å². The minimum Gasteiger partial charge on any atom is -0.308 e. The van der Waals surface area contributed by atoms with Crippen LogP contribution < -0.4 is 5.32 Å². The van der Waals surface area contributed by atoms with Gasteiger partial charge in [-0.1, -0.05) is 19.4 Å². The van der Waals surface area contributed by atoms with Gasteiger partial charge in [-0.05, 0) is 25.8 Å². The van der Waals surface area contributed by atoms with E-state index in [1.165, 1.54) is 32.2 Å². The predicted octanol–water partition coefficient (Wildman–Crippen LogP) is 2.09. The van der Waals surface area contributed by atoms with Crippen LogP contribution in [0.25, 0.3) is 0 Å². The molecule has 1 fully saturated rings. The first-order chi connectivity index (χ1) is 4.83. The lowest BCUT2D eigenvalue weighted by Crippen LogP contribution is -2.36. The van der Waals surface area contributed by atoms with Crippen LogP contribution in [0.1, 0.15) is 32.6 Å². The molecule has 0 bridgehead atoms. The molecule has 10 heavy (non-hydrogen) atoms. The van der Waals surface area contributed by atoms with Crippen molar-refractivity contribution in [2.45, 2.75) is 38.1 Å². The zero-order valence-corrected chi connectivity index (χ0v) is 6.82. The molecule has 58 valence electrons. The fourth-order valence-corrected chi connectivity index (χ4v) is 1.77. The van der Waals surface area contributed by atoms with Gasteiger partial charge in [0.2, 0.25) is 0 Å². The van der Waals surface area contributed by atoms with E-state index in [2.05, 4.69) is 24.9 Å². The average molecular weight is 139 g/mol. The van der Waals surface area contributed by atoms with Crippen LogP contribution in [-0.2, 0) is 0 Å². The Bertz CT molecular complexity index is 112. The highest BCUT2D eigenvalue weighted by Crippen LogP contribution is 2.25. The lowest BCUT2D eigenvalue weighted by atomic mass is 9.92. The van der Waals surface area contributed by atoms with Gasteiger partial charge in [-0.15, -0.1) is 6.58 Å². The molecule has 1 heterocycles. The summed E-state index contributed by atoms with van der Waals surface area (Å²) < 4.78 is 0. The number of hydrogen-bond donors (Lipinski definition) is 1. The van der Waals surface area contributed by atoms with Crippen LogP contribution in [0.4, 0.5) is 0 Å². The second kappa shape index (κ2) is 3.20. The molecule has 1 nitrogen and oxygen atoms in total. The van der Waals surface area contributed by atoms with Crippen molar-refractivity contribution in [1.29, 1.82) is 0 Å². The standard InChI is InChI=1S/C9H17N/c1-3-6-9(4-2)7-5-8-10-9/h4,10H,2-3,5-8H2,1H3. The van der Waals surface area contributed by atoms with Crippen LogP contribution in [0.3, 0.4) is 0 Å². The number of rotatable bonds is 3. The predicted molar refractivity (Wildman–Crippen MR) is 45.1 cm³/mol. The summed E-state index contributed by atoms with van der Waals surface area (Å²) in [5.41, 5.74) is 0.300. The summed E-state index contributed by atoms with van der Waals surface area (Å²) in [7, 11) is 0.